The average molecular weight is 500 g/mol. The van der Waals surface area contributed by atoms with Crippen molar-refractivity contribution >= 4 is 27.0 Å². The number of nitrogens with one attached hydrogen (secondary N) is 1. The van der Waals surface area contributed by atoms with Crippen LogP contribution >= 0.6 is 15.9 Å². The Morgan fingerprint density at radius 3 is 2.41 bits per heavy atom. The molecule has 0 aliphatic heterocycles. The molecule has 2 heterocycles. The van der Waals surface area contributed by atoms with Gasteiger partial charge in [0.25, 0.3) is 0 Å². The van der Waals surface area contributed by atoms with Crippen LogP contribution in [0.5, 0.6) is 11.5 Å². The van der Waals surface area contributed by atoms with Crippen LogP contribution in [0.3, 0.4) is 0 Å². The van der Waals surface area contributed by atoms with E-state index in [0.29, 0.717) is 19.0 Å². The summed E-state index contributed by atoms with van der Waals surface area (Å²) < 4.78 is 14.7. The van der Waals surface area contributed by atoms with Crippen molar-refractivity contribution in [1.29, 1.82) is 0 Å². The molecule has 0 aliphatic rings. The number of fused-ring (bicyclic) bond motifs is 1. The molecular weight excluding hydrogens is 474 g/mol. The molecule has 0 bridgehead atoms. The molecule has 2 aromatic heterocycles. The fourth-order valence-electron chi connectivity index (χ4n) is 3.25. The lowest BCUT2D eigenvalue weighted by Crippen LogP contribution is -2.16. The third-order valence-corrected chi connectivity index (χ3v) is 5.51. The molecule has 9 nitrogen and oxygen atoms in total. The Hall–Kier alpha value is -3.01. The van der Waals surface area contributed by atoms with Gasteiger partial charge in [0.05, 0.1) is 17.7 Å². The zero-order valence-electron chi connectivity index (χ0n) is 18.4. The minimum absolute atomic E-state index is 0.102. The Kier molecular flexibility index (Phi) is 6.69. The minimum Gasteiger partial charge on any atom is -0.494 e. The molecule has 10 heteroatoms. The molecule has 0 amide bonds. The summed E-state index contributed by atoms with van der Waals surface area (Å²) in [6.45, 7) is 8.54. The van der Waals surface area contributed by atoms with Gasteiger partial charge in [-0.25, -0.2) is 9.78 Å². The van der Waals surface area contributed by atoms with Gasteiger partial charge in [-0.05, 0) is 81.0 Å². The number of tetrazole rings is 1. The van der Waals surface area contributed by atoms with E-state index >= 15 is 0 Å². The number of aromatic amines is 1. The van der Waals surface area contributed by atoms with Crippen molar-refractivity contribution in [2.24, 2.45) is 5.41 Å². The molecule has 1 N–H and O–H groups in total. The van der Waals surface area contributed by atoms with Crippen LogP contribution in [0.2, 0.25) is 0 Å². The van der Waals surface area contributed by atoms with Crippen LogP contribution in [-0.4, -0.2) is 48.8 Å². The summed E-state index contributed by atoms with van der Waals surface area (Å²) in [5.74, 6) is 2.25. The largest absolute Gasteiger partial charge is 0.494 e. The number of H-pyrrole nitrogens is 1. The molecule has 0 saturated carbocycles. The highest BCUT2D eigenvalue weighted by atomic mass is 79.9. The predicted molar refractivity (Wildman–Crippen MR) is 125 cm³/mol. The van der Waals surface area contributed by atoms with Gasteiger partial charge in [-0.2, -0.15) is 0 Å². The number of hydrogen-bond acceptors (Lipinski definition) is 7. The van der Waals surface area contributed by atoms with Crippen LogP contribution in [0.1, 0.15) is 33.6 Å². The third kappa shape index (κ3) is 5.42. The molecule has 0 saturated heterocycles. The fraction of sp³-hybridized carbons (Fsp3) is 0.409. The molecule has 168 valence electrons. The minimum atomic E-state index is 0.102. The zero-order valence-corrected chi connectivity index (χ0v) is 20.0. The number of halogens is 1. The lowest BCUT2D eigenvalue weighted by molar-refractivity contribution is 0.265. The Balaban J connectivity index is 1.25. The highest BCUT2D eigenvalue weighted by Crippen LogP contribution is 2.33. The molecule has 4 rings (SSSR count). The van der Waals surface area contributed by atoms with Gasteiger partial charge < -0.3 is 9.47 Å². The number of aromatic nitrogens is 7. The van der Waals surface area contributed by atoms with E-state index in [1.807, 2.05) is 41.1 Å². The van der Waals surface area contributed by atoms with E-state index < -0.39 is 0 Å². The van der Waals surface area contributed by atoms with Crippen molar-refractivity contribution in [1.82, 2.24) is 35.6 Å². The van der Waals surface area contributed by atoms with Gasteiger partial charge in [0, 0.05) is 12.1 Å². The summed E-state index contributed by atoms with van der Waals surface area (Å²) in [6, 6.07) is 11.6. The summed E-state index contributed by atoms with van der Waals surface area (Å²) in [5, 5.41) is 22.4. The van der Waals surface area contributed by atoms with Gasteiger partial charge in [0.1, 0.15) is 22.5 Å². The zero-order chi connectivity index (χ0) is 22.6. The first-order valence-electron chi connectivity index (χ1n) is 10.5. The number of ether oxygens (including phenoxy) is 2. The third-order valence-electron chi connectivity index (χ3n) is 4.74. The van der Waals surface area contributed by atoms with Gasteiger partial charge in [-0.3, -0.25) is 0 Å². The maximum absolute atomic E-state index is 6.02. The second-order valence-corrected chi connectivity index (χ2v) is 9.52. The second-order valence-electron chi connectivity index (χ2n) is 8.73. The van der Waals surface area contributed by atoms with Crippen molar-refractivity contribution in [3.05, 3.63) is 40.9 Å². The molecule has 0 atom stereocenters. The van der Waals surface area contributed by atoms with Crippen LogP contribution in [0, 0.1) is 5.41 Å². The predicted octanol–water partition coefficient (Wildman–Crippen LogP) is 4.66. The highest BCUT2D eigenvalue weighted by molar-refractivity contribution is 9.10. The lowest BCUT2D eigenvalue weighted by atomic mass is 9.97. The Bertz CT molecular complexity index is 1150. The molecule has 0 fully saturated rings. The van der Waals surface area contributed by atoms with E-state index in [9.17, 15) is 0 Å². The molecule has 4 aromatic rings. The highest BCUT2D eigenvalue weighted by Gasteiger charge is 2.18. The average Bonchev–Trinajstić information content (AvgIpc) is 3.42. The summed E-state index contributed by atoms with van der Waals surface area (Å²) in [6.07, 6.45) is 1.77. The van der Waals surface area contributed by atoms with Gasteiger partial charge >= 0.3 is 0 Å². The molecule has 0 unspecified atom stereocenters. The van der Waals surface area contributed by atoms with E-state index in [1.54, 1.807) is 0 Å². The summed E-state index contributed by atoms with van der Waals surface area (Å²) in [5.41, 5.74) is 2.83. The van der Waals surface area contributed by atoms with Crippen molar-refractivity contribution < 1.29 is 9.47 Å². The van der Waals surface area contributed by atoms with Gasteiger partial charge in [0.15, 0.2) is 5.82 Å². The first kappa shape index (κ1) is 22.2. The first-order chi connectivity index (χ1) is 15.4. The van der Waals surface area contributed by atoms with Gasteiger partial charge in [-0.15, -0.1) is 10.2 Å². The standard InChI is InChI=1S/C22H26BrN7O2/c1-22(2,3)14-30-20-17(24-29-30)10-11-18(19(20)23)32-13-5-4-12-31-16-8-6-15(7-9-16)21-25-27-28-26-21/h6-11H,4-5,12-14H2,1-3H3,(H,25,26,27,28). The van der Waals surface area contributed by atoms with E-state index in [2.05, 4.69) is 67.6 Å². The number of unbranched alkanes of at least 4 members (excludes halogenated alkanes) is 1. The van der Waals surface area contributed by atoms with Crippen LogP contribution in [0.15, 0.2) is 40.9 Å². The van der Waals surface area contributed by atoms with Crippen molar-refractivity contribution in [2.75, 3.05) is 13.2 Å². The summed E-state index contributed by atoms with van der Waals surface area (Å²) in [4.78, 5) is 0. The van der Waals surface area contributed by atoms with Crippen molar-refractivity contribution in [2.45, 2.75) is 40.2 Å². The summed E-state index contributed by atoms with van der Waals surface area (Å²) >= 11 is 3.69. The van der Waals surface area contributed by atoms with Crippen LogP contribution in [0.25, 0.3) is 22.4 Å². The number of rotatable bonds is 9. The Morgan fingerprint density at radius 2 is 1.72 bits per heavy atom. The van der Waals surface area contributed by atoms with Crippen LogP contribution < -0.4 is 9.47 Å². The summed E-state index contributed by atoms with van der Waals surface area (Å²) in [7, 11) is 0. The number of benzene rings is 2. The van der Waals surface area contributed by atoms with E-state index in [-0.39, 0.29) is 5.41 Å². The second kappa shape index (κ2) is 9.64. The monoisotopic (exact) mass is 499 g/mol. The Morgan fingerprint density at radius 1 is 0.969 bits per heavy atom. The first-order valence-corrected chi connectivity index (χ1v) is 11.3. The fourth-order valence-corrected chi connectivity index (χ4v) is 3.90. The molecule has 32 heavy (non-hydrogen) atoms. The van der Waals surface area contributed by atoms with Crippen LogP contribution in [-0.2, 0) is 6.54 Å². The van der Waals surface area contributed by atoms with E-state index in [1.165, 1.54) is 0 Å². The molecule has 0 spiro atoms. The van der Waals surface area contributed by atoms with E-state index in [0.717, 1.165) is 52.0 Å². The van der Waals surface area contributed by atoms with Crippen molar-refractivity contribution in [3.63, 3.8) is 0 Å². The maximum Gasteiger partial charge on any atom is 0.179 e. The van der Waals surface area contributed by atoms with Crippen molar-refractivity contribution in [3.8, 4) is 22.9 Å². The smallest absolute Gasteiger partial charge is 0.179 e. The van der Waals surface area contributed by atoms with Gasteiger partial charge in [-0.1, -0.05) is 26.0 Å². The Labute approximate surface area is 194 Å². The van der Waals surface area contributed by atoms with Crippen LogP contribution in [0.4, 0.5) is 0 Å². The maximum atomic E-state index is 6.02. The van der Waals surface area contributed by atoms with Gasteiger partial charge in [0.2, 0.25) is 0 Å². The molecule has 0 aliphatic carbocycles. The SMILES string of the molecule is CC(C)(C)Cn1nnc2ccc(OCCCCOc3ccc(-c4nnn[nH]4)cc3)c(Br)c21. The lowest BCUT2D eigenvalue weighted by Gasteiger charge is -2.18. The number of nitrogens with zero attached hydrogens (tertiary/aromatic N) is 6. The number of hydrogen-bond donors (Lipinski definition) is 1. The normalized spacial score (nSPS) is 11.8. The molecule has 0 radical (unpaired) electrons. The van der Waals surface area contributed by atoms with E-state index in [4.69, 9.17) is 9.47 Å². The molecule has 2 aromatic carbocycles. The molecular formula is C22H26BrN7O2. The topological polar surface area (TPSA) is 104 Å². The quantitative estimate of drug-likeness (QED) is 0.334.